The first-order chi connectivity index (χ1) is 7.33. The molecule has 0 aromatic heterocycles. The molecule has 2 aliphatic carbocycles. The monoisotopic (exact) mass is 208 g/mol. The SMILES string of the molecule is NC1CC(N2CCC3CCCCC3C2)C1. The third kappa shape index (κ3) is 1.94. The molecule has 2 unspecified atom stereocenters. The Morgan fingerprint density at radius 3 is 2.40 bits per heavy atom. The minimum Gasteiger partial charge on any atom is -0.328 e. The molecule has 2 saturated carbocycles. The Morgan fingerprint density at radius 2 is 1.67 bits per heavy atom. The van der Waals surface area contributed by atoms with Gasteiger partial charge < -0.3 is 5.73 Å². The molecule has 2 N–H and O–H groups in total. The van der Waals surface area contributed by atoms with E-state index in [1.165, 1.54) is 58.0 Å². The van der Waals surface area contributed by atoms with Crippen LogP contribution in [-0.4, -0.2) is 30.1 Å². The second-order valence-electron chi connectivity index (χ2n) is 5.97. The van der Waals surface area contributed by atoms with Gasteiger partial charge in [-0.25, -0.2) is 0 Å². The van der Waals surface area contributed by atoms with Gasteiger partial charge in [-0.3, -0.25) is 4.90 Å². The summed E-state index contributed by atoms with van der Waals surface area (Å²) in [6.45, 7) is 2.75. The van der Waals surface area contributed by atoms with Crippen molar-refractivity contribution in [1.29, 1.82) is 0 Å². The molecule has 3 fully saturated rings. The number of rotatable bonds is 1. The Morgan fingerprint density at radius 1 is 0.933 bits per heavy atom. The number of hydrogen-bond donors (Lipinski definition) is 1. The van der Waals surface area contributed by atoms with Crippen LogP contribution in [0.3, 0.4) is 0 Å². The average Bonchev–Trinajstić information content (AvgIpc) is 2.24. The van der Waals surface area contributed by atoms with Gasteiger partial charge in [0.15, 0.2) is 0 Å². The van der Waals surface area contributed by atoms with Crippen molar-refractivity contribution in [2.45, 2.75) is 57.0 Å². The van der Waals surface area contributed by atoms with Crippen molar-refractivity contribution >= 4 is 0 Å². The van der Waals surface area contributed by atoms with Crippen LogP contribution in [0.5, 0.6) is 0 Å². The maximum atomic E-state index is 5.88. The molecule has 2 nitrogen and oxygen atoms in total. The zero-order valence-electron chi connectivity index (χ0n) is 9.70. The average molecular weight is 208 g/mol. The highest BCUT2D eigenvalue weighted by Gasteiger charge is 2.37. The largest absolute Gasteiger partial charge is 0.328 e. The Balaban J connectivity index is 1.55. The van der Waals surface area contributed by atoms with Crippen LogP contribution in [0.25, 0.3) is 0 Å². The van der Waals surface area contributed by atoms with Crippen LogP contribution in [0.2, 0.25) is 0 Å². The van der Waals surface area contributed by atoms with Crippen molar-refractivity contribution in [3.63, 3.8) is 0 Å². The van der Waals surface area contributed by atoms with Gasteiger partial charge in [-0.2, -0.15) is 0 Å². The summed E-state index contributed by atoms with van der Waals surface area (Å²) >= 11 is 0. The lowest BCUT2D eigenvalue weighted by atomic mass is 9.73. The van der Waals surface area contributed by atoms with E-state index in [0.717, 1.165) is 17.9 Å². The molecule has 0 aromatic carbocycles. The maximum absolute atomic E-state index is 5.88. The summed E-state index contributed by atoms with van der Waals surface area (Å²) in [5, 5.41) is 0. The van der Waals surface area contributed by atoms with Crippen molar-refractivity contribution in [2.24, 2.45) is 17.6 Å². The van der Waals surface area contributed by atoms with Crippen LogP contribution < -0.4 is 5.73 Å². The zero-order chi connectivity index (χ0) is 10.3. The summed E-state index contributed by atoms with van der Waals surface area (Å²) in [5.41, 5.74) is 5.88. The fraction of sp³-hybridized carbons (Fsp3) is 1.00. The van der Waals surface area contributed by atoms with E-state index in [0.29, 0.717) is 6.04 Å². The lowest BCUT2D eigenvalue weighted by Crippen LogP contribution is -2.55. The molecule has 86 valence electrons. The van der Waals surface area contributed by atoms with E-state index >= 15 is 0 Å². The third-order valence-corrected chi connectivity index (χ3v) is 4.99. The van der Waals surface area contributed by atoms with E-state index < -0.39 is 0 Å². The maximum Gasteiger partial charge on any atom is 0.0125 e. The smallest absolute Gasteiger partial charge is 0.0125 e. The van der Waals surface area contributed by atoms with Crippen LogP contribution in [-0.2, 0) is 0 Å². The number of fused-ring (bicyclic) bond motifs is 1. The topological polar surface area (TPSA) is 29.3 Å². The molecule has 1 heterocycles. The highest BCUT2D eigenvalue weighted by molar-refractivity contribution is 4.93. The number of nitrogens with two attached hydrogens (primary N) is 1. The molecular weight excluding hydrogens is 184 g/mol. The molecule has 15 heavy (non-hydrogen) atoms. The van der Waals surface area contributed by atoms with Crippen molar-refractivity contribution in [3.8, 4) is 0 Å². The number of likely N-dealkylation sites (tertiary alicyclic amines) is 1. The first kappa shape index (κ1) is 10.1. The molecule has 3 rings (SSSR count). The van der Waals surface area contributed by atoms with E-state index in [9.17, 15) is 0 Å². The quantitative estimate of drug-likeness (QED) is 0.714. The van der Waals surface area contributed by atoms with Gasteiger partial charge in [-0.1, -0.05) is 19.3 Å². The molecule has 1 aliphatic heterocycles. The summed E-state index contributed by atoms with van der Waals surface area (Å²) in [6.07, 6.45) is 9.99. The Kier molecular flexibility index (Phi) is 2.73. The van der Waals surface area contributed by atoms with Gasteiger partial charge in [0.1, 0.15) is 0 Å². The van der Waals surface area contributed by atoms with E-state index in [2.05, 4.69) is 4.90 Å². The summed E-state index contributed by atoms with van der Waals surface area (Å²) in [5.74, 6) is 2.10. The molecular formula is C13H24N2. The predicted molar refractivity (Wildman–Crippen MR) is 62.6 cm³/mol. The van der Waals surface area contributed by atoms with E-state index in [1.54, 1.807) is 0 Å². The molecule has 0 radical (unpaired) electrons. The second kappa shape index (κ2) is 4.06. The fourth-order valence-electron chi connectivity index (χ4n) is 3.89. The highest BCUT2D eigenvalue weighted by atomic mass is 15.2. The molecule has 3 aliphatic rings. The van der Waals surface area contributed by atoms with E-state index in [1.807, 2.05) is 0 Å². The minimum absolute atomic E-state index is 0.513. The molecule has 2 heteroatoms. The van der Waals surface area contributed by atoms with Crippen LogP contribution in [0, 0.1) is 11.8 Å². The van der Waals surface area contributed by atoms with Gasteiger partial charge in [0.05, 0.1) is 0 Å². The van der Waals surface area contributed by atoms with Gasteiger partial charge in [-0.15, -0.1) is 0 Å². The van der Waals surface area contributed by atoms with Crippen molar-refractivity contribution in [3.05, 3.63) is 0 Å². The minimum atomic E-state index is 0.513. The van der Waals surface area contributed by atoms with Gasteiger partial charge >= 0.3 is 0 Å². The van der Waals surface area contributed by atoms with Crippen LogP contribution in [0.4, 0.5) is 0 Å². The Bertz CT molecular complexity index is 223. The van der Waals surface area contributed by atoms with Gasteiger partial charge in [0.2, 0.25) is 0 Å². The summed E-state index contributed by atoms with van der Waals surface area (Å²) < 4.78 is 0. The molecule has 0 spiro atoms. The van der Waals surface area contributed by atoms with Gasteiger partial charge in [-0.05, 0) is 44.1 Å². The van der Waals surface area contributed by atoms with Crippen LogP contribution in [0.1, 0.15) is 44.9 Å². The fourth-order valence-corrected chi connectivity index (χ4v) is 3.89. The molecule has 0 aromatic rings. The summed E-state index contributed by atoms with van der Waals surface area (Å²) in [6, 6.07) is 1.36. The summed E-state index contributed by atoms with van der Waals surface area (Å²) in [7, 11) is 0. The molecule has 2 atom stereocenters. The molecule has 1 saturated heterocycles. The van der Waals surface area contributed by atoms with E-state index in [4.69, 9.17) is 5.73 Å². The first-order valence-electron chi connectivity index (χ1n) is 6.82. The number of nitrogens with zero attached hydrogens (tertiary/aromatic N) is 1. The van der Waals surface area contributed by atoms with E-state index in [-0.39, 0.29) is 0 Å². The van der Waals surface area contributed by atoms with Gasteiger partial charge in [0.25, 0.3) is 0 Å². The molecule has 0 amide bonds. The van der Waals surface area contributed by atoms with Gasteiger partial charge in [0, 0.05) is 18.6 Å². The standard InChI is InChI=1S/C13H24N2/c14-12-7-13(8-12)15-6-5-10-3-1-2-4-11(10)9-15/h10-13H,1-9,14H2. The lowest BCUT2D eigenvalue weighted by Gasteiger charge is -2.48. The predicted octanol–water partition coefficient (Wildman–Crippen LogP) is 1.99. The third-order valence-electron chi connectivity index (χ3n) is 4.99. The molecule has 0 bridgehead atoms. The zero-order valence-corrected chi connectivity index (χ0v) is 9.70. The Labute approximate surface area is 93.2 Å². The summed E-state index contributed by atoms with van der Waals surface area (Å²) in [4.78, 5) is 2.75. The first-order valence-corrected chi connectivity index (χ1v) is 6.82. The second-order valence-corrected chi connectivity index (χ2v) is 5.97. The van der Waals surface area contributed by atoms with Crippen molar-refractivity contribution in [2.75, 3.05) is 13.1 Å². The van der Waals surface area contributed by atoms with Crippen molar-refractivity contribution < 1.29 is 0 Å². The number of hydrogen-bond acceptors (Lipinski definition) is 2. The van der Waals surface area contributed by atoms with Crippen molar-refractivity contribution in [1.82, 2.24) is 4.90 Å². The Hall–Kier alpha value is -0.0800. The number of piperidine rings is 1. The normalized spacial score (nSPS) is 47.0. The van der Waals surface area contributed by atoms with Crippen LogP contribution in [0.15, 0.2) is 0 Å². The highest BCUT2D eigenvalue weighted by Crippen LogP contribution is 2.38. The van der Waals surface area contributed by atoms with Crippen LogP contribution >= 0.6 is 0 Å². The lowest BCUT2D eigenvalue weighted by molar-refractivity contribution is 0.0232.